The maximum atomic E-state index is 11.9. The Morgan fingerprint density at radius 1 is 1.29 bits per heavy atom. The van der Waals surface area contributed by atoms with Gasteiger partial charge in [-0.2, -0.15) is 0 Å². The summed E-state index contributed by atoms with van der Waals surface area (Å²) in [6, 6.07) is 3.28. The van der Waals surface area contributed by atoms with E-state index in [1.54, 1.807) is 17.0 Å². The number of carboxylic acids is 1. The van der Waals surface area contributed by atoms with E-state index in [2.05, 4.69) is 5.32 Å². The lowest BCUT2D eigenvalue weighted by atomic mass is 10.3. The van der Waals surface area contributed by atoms with Crippen molar-refractivity contribution in [1.82, 2.24) is 10.2 Å². The lowest BCUT2D eigenvalue weighted by molar-refractivity contribution is -0.131. The average Bonchev–Trinajstić information content (AvgIpc) is 3.12. The number of thiophene rings is 1. The van der Waals surface area contributed by atoms with Gasteiger partial charge in [-0.3, -0.25) is 9.59 Å². The molecule has 1 aromatic rings. The van der Waals surface area contributed by atoms with E-state index in [0.717, 1.165) is 32.0 Å². The van der Waals surface area contributed by atoms with Crippen LogP contribution in [0.1, 0.15) is 27.4 Å². The quantitative estimate of drug-likeness (QED) is 0.800. The molecule has 0 unspecified atom stereocenters. The summed E-state index contributed by atoms with van der Waals surface area (Å²) >= 11 is 1.18. The first-order valence-electron chi connectivity index (χ1n) is 6.63. The Kier molecular flexibility index (Phi) is 5.10. The Morgan fingerprint density at radius 2 is 2.00 bits per heavy atom. The Labute approximate surface area is 126 Å². The number of amides is 2. The molecule has 0 bridgehead atoms. The van der Waals surface area contributed by atoms with Crippen molar-refractivity contribution in [1.29, 1.82) is 0 Å². The molecular formula is C14H16N2O4S. The van der Waals surface area contributed by atoms with Crippen LogP contribution in [0.15, 0.2) is 18.2 Å². The largest absolute Gasteiger partial charge is 0.478 e. The van der Waals surface area contributed by atoms with Crippen molar-refractivity contribution in [3.05, 3.63) is 28.0 Å². The van der Waals surface area contributed by atoms with E-state index in [0.29, 0.717) is 9.75 Å². The summed E-state index contributed by atoms with van der Waals surface area (Å²) in [7, 11) is 0. The van der Waals surface area contributed by atoms with E-state index in [-0.39, 0.29) is 18.4 Å². The molecule has 0 aromatic carbocycles. The summed E-state index contributed by atoms with van der Waals surface area (Å²) in [5.41, 5.74) is 0. The number of carboxylic acid groups (broad SMARTS) is 1. The number of hydrogen-bond acceptors (Lipinski definition) is 4. The summed E-state index contributed by atoms with van der Waals surface area (Å²) < 4.78 is 0. The average molecular weight is 308 g/mol. The molecule has 0 saturated carbocycles. The summed E-state index contributed by atoms with van der Waals surface area (Å²) in [6.07, 6.45) is 4.48. The molecule has 1 aliphatic heterocycles. The molecule has 1 fully saturated rings. The first kappa shape index (κ1) is 15.2. The predicted molar refractivity (Wildman–Crippen MR) is 79.1 cm³/mol. The summed E-state index contributed by atoms with van der Waals surface area (Å²) in [5, 5.41) is 11.1. The van der Waals surface area contributed by atoms with E-state index >= 15 is 0 Å². The third kappa shape index (κ3) is 4.42. The summed E-state index contributed by atoms with van der Waals surface area (Å²) in [5.74, 6) is -1.42. The smallest absolute Gasteiger partial charge is 0.328 e. The van der Waals surface area contributed by atoms with Gasteiger partial charge in [-0.1, -0.05) is 0 Å². The van der Waals surface area contributed by atoms with Crippen molar-refractivity contribution in [3.8, 4) is 0 Å². The highest BCUT2D eigenvalue weighted by atomic mass is 32.1. The van der Waals surface area contributed by atoms with Crippen molar-refractivity contribution in [2.45, 2.75) is 12.8 Å². The van der Waals surface area contributed by atoms with E-state index in [9.17, 15) is 14.4 Å². The Balaban J connectivity index is 1.85. The van der Waals surface area contributed by atoms with Crippen LogP contribution >= 0.6 is 11.3 Å². The molecule has 6 nitrogen and oxygen atoms in total. The molecule has 1 saturated heterocycles. The zero-order valence-corrected chi connectivity index (χ0v) is 12.2. The van der Waals surface area contributed by atoms with Gasteiger partial charge in [-0.25, -0.2) is 4.79 Å². The van der Waals surface area contributed by atoms with Crippen molar-refractivity contribution in [3.63, 3.8) is 0 Å². The van der Waals surface area contributed by atoms with Crippen molar-refractivity contribution < 1.29 is 19.5 Å². The third-order valence-electron chi connectivity index (χ3n) is 3.10. The molecule has 2 N–H and O–H groups in total. The Hall–Kier alpha value is -2.15. The highest BCUT2D eigenvalue weighted by molar-refractivity contribution is 7.14. The fourth-order valence-electron chi connectivity index (χ4n) is 2.04. The number of carbonyl (C=O) groups is 3. The molecule has 1 aliphatic rings. The van der Waals surface area contributed by atoms with Crippen LogP contribution in [0.3, 0.4) is 0 Å². The molecule has 2 heterocycles. The van der Waals surface area contributed by atoms with E-state index in [1.807, 2.05) is 0 Å². The van der Waals surface area contributed by atoms with Gasteiger partial charge < -0.3 is 15.3 Å². The van der Waals surface area contributed by atoms with Crippen LogP contribution in [0.5, 0.6) is 0 Å². The minimum atomic E-state index is -1.04. The molecule has 1 aromatic heterocycles. The number of rotatable bonds is 5. The van der Waals surface area contributed by atoms with Crippen LogP contribution in [0.2, 0.25) is 0 Å². The standard InChI is InChI=1S/C14H16N2O4S/c17-12(16-7-1-2-8-16)9-15-14(20)11-5-3-10(21-11)4-6-13(18)19/h3-6H,1-2,7-9H2,(H,15,20)(H,18,19)/b6-4+. The van der Waals surface area contributed by atoms with Gasteiger partial charge in [0.05, 0.1) is 11.4 Å². The summed E-state index contributed by atoms with van der Waals surface area (Å²) in [6.45, 7) is 1.52. The van der Waals surface area contributed by atoms with Crippen molar-refractivity contribution >= 4 is 35.2 Å². The number of nitrogens with zero attached hydrogens (tertiary/aromatic N) is 1. The number of nitrogens with one attached hydrogen (secondary N) is 1. The SMILES string of the molecule is O=C(O)/C=C/c1ccc(C(=O)NCC(=O)N2CCCC2)s1. The van der Waals surface area contributed by atoms with Gasteiger partial charge in [-0.05, 0) is 31.1 Å². The number of carbonyl (C=O) groups excluding carboxylic acids is 2. The normalized spacial score (nSPS) is 14.6. The molecule has 2 amide bonds. The maximum absolute atomic E-state index is 11.9. The van der Waals surface area contributed by atoms with Gasteiger partial charge in [-0.15, -0.1) is 11.3 Å². The zero-order valence-electron chi connectivity index (χ0n) is 11.4. The van der Waals surface area contributed by atoms with Gasteiger partial charge in [0, 0.05) is 24.0 Å². The van der Waals surface area contributed by atoms with E-state index < -0.39 is 5.97 Å². The van der Waals surface area contributed by atoms with Crippen LogP contribution < -0.4 is 5.32 Å². The molecule has 21 heavy (non-hydrogen) atoms. The Morgan fingerprint density at radius 3 is 2.67 bits per heavy atom. The number of hydrogen-bond donors (Lipinski definition) is 2. The lowest BCUT2D eigenvalue weighted by Crippen LogP contribution is -2.38. The van der Waals surface area contributed by atoms with Gasteiger partial charge in [0.15, 0.2) is 0 Å². The molecular weight excluding hydrogens is 292 g/mol. The number of likely N-dealkylation sites (tertiary alicyclic amines) is 1. The van der Waals surface area contributed by atoms with Gasteiger partial charge >= 0.3 is 5.97 Å². The van der Waals surface area contributed by atoms with Gasteiger partial charge in [0.2, 0.25) is 5.91 Å². The fraction of sp³-hybridized carbons (Fsp3) is 0.357. The molecule has 0 radical (unpaired) electrons. The minimum Gasteiger partial charge on any atom is -0.478 e. The van der Waals surface area contributed by atoms with Crippen molar-refractivity contribution in [2.24, 2.45) is 0 Å². The van der Waals surface area contributed by atoms with Crippen LogP contribution in [-0.4, -0.2) is 47.4 Å². The van der Waals surface area contributed by atoms with Gasteiger partial charge in [0.1, 0.15) is 0 Å². The lowest BCUT2D eigenvalue weighted by Gasteiger charge is -2.15. The molecule has 0 spiro atoms. The van der Waals surface area contributed by atoms with E-state index in [1.165, 1.54) is 17.4 Å². The molecule has 0 aliphatic carbocycles. The highest BCUT2D eigenvalue weighted by Gasteiger charge is 2.18. The van der Waals surface area contributed by atoms with Crippen LogP contribution in [-0.2, 0) is 9.59 Å². The second-order valence-corrected chi connectivity index (χ2v) is 5.76. The third-order valence-corrected chi connectivity index (χ3v) is 4.15. The molecule has 112 valence electrons. The van der Waals surface area contributed by atoms with Crippen LogP contribution in [0.25, 0.3) is 6.08 Å². The molecule has 0 atom stereocenters. The topological polar surface area (TPSA) is 86.7 Å². The maximum Gasteiger partial charge on any atom is 0.328 e. The summed E-state index contributed by atoms with van der Waals surface area (Å²) in [4.78, 5) is 37.0. The van der Waals surface area contributed by atoms with E-state index in [4.69, 9.17) is 5.11 Å². The predicted octanol–water partition coefficient (Wildman–Crippen LogP) is 1.20. The van der Waals surface area contributed by atoms with Crippen LogP contribution in [0, 0.1) is 0 Å². The minimum absolute atomic E-state index is 0.00294. The second-order valence-electron chi connectivity index (χ2n) is 4.64. The molecule has 7 heteroatoms. The monoisotopic (exact) mass is 308 g/mol. The molecule has 2 rings (SSSR count). The fourth-order valence-corrected chi connectivity index (χ4v) is 2.87. The first-order chi connectivity index (χ1) is 10.1. The van der Waals surface area contributed by atoms with Crippen LogP contribution in [0.4, 0.5) is 0 Å². The zero-order chi connectivity index (χ0) is 15.2. The van der Waals surface area contributed by atoms with Gasteiger partial charge in [0.25, 0.3) is 5.91 Å². The second kappa shape index (κ2) is 7.03. The Bertz CT molecular complexity index is 573. The highest BCUT2D eigenvalue weighted by Crippen LogP contribution is 2.17. The number of aliphatic carboxylic acids is 1. The first-order valence-corrected chi connectivity index (χ1v) is 7.45. The van der Waals surface area contributed by atoms with Crippen molar-refractivity contribution in [2.75, 3.05) is 19.6 Å².